The summed E-state index contributed by atoms with van der Waals surface area (Å²) in [5, 5.41) is 8.83. The van der Waals surface area contributed by atoms with Gasteiger partial charge in [-0.2, -0.15) is 0 Å². The normalized spacial score (nSPS) is 15.9. The van der Waals surface area contributed by atoms with Gasteiger partial charge in [0, 0.05) is 11.8 Å². The molecule has 28 heavy (non-hydrogen) atoms. The maximum atomic E-state index is 13.3. The van der Waals surface area contributed by atoms with Gasteiger partial charge in [0.05, 0.1) is 0 Å². The summed E-state index contributed by atoms with van der Waals surface area (Å²) >= 11 is 0. The van der Waals surface area contributed by atoms with Gasteiger partial charge in [0.15, 0.2) is 11.6 Å². The van der Waals surface area contributed by atoms with Crippen molar-refractivity contribution in [3.8, 4) is 0 Å². The molecule has 7 heteroatoms. The van der Waals surface area contributed by atoms with Crippen LogP contribution in [0.4, 0.5) is 14.5 Å². The van der Waals surface area contributed by atoms with Crippen molar-refractivity contribution >= 4 is 23.6 Å². The first-order valence-electron chi connectivity index (χ1n) is 9.01. The molecule has 0 unspecified atom stereocenters. The van der Waals surface area contributed by atoms with Crippen molar-refractivity contribution in [2.45, 2.75) is 18.4 Å². The molecule has 1 aliphatic heterocycles. The average molecular weight is 385 g/mol. The van der Waals surface area contributed by atoms with Crippen molar-refractivity contribution in [1.82, 2.24) is 10.6 Å². The van der Waals surface area contributed by atoms with E-state index in [1.54, 1.807) is 12.1 Å². The maximum Gasteiger partial charge on any atom is 0.250 e. The van der Waals surface area contributed by atoms with E-state index in [0.29, 0.717) is 37.2 Å². The molecular formula is C21H21F2N3O2. The van der Waals surface area contributed by atoms with Gasteiger partial charge >= 0.3 is 0 Å². The van der Waals surface area contributed by atoms with E-state index in [0.717, 1.165) is 12.1 Å². The van der Waals surface area contributed by atoms with E-state index in [9.17, 15) is 18.4 Å². The number of rotatable bonds is 5. The zero-order chi connectivity index (χ0) is 20.0. The standard InChI is InChI=1S/C21H21F2N3O2/c22-17-8-6-15(14-18(17)23)7-9-19(27)26-21(10-12-24-13-11-21)20(28)25-16-4-2-1-3-5-16/h1-9,14,24H,10-13H2,(H,25,28)(H,26,27). The van der Waals surface area contributed by atoms with Crippen LogP contribution in [0.3, 0.4) is 0 Å². The van der Waals surface area contributed by atoms with Crippen LogP contribution in [-0.4, -0.2) is 30.4 Å². The second kappa shape index (κ2) is 8.75. The lowest BCUT2D eigenvalue weighted by molar-refractivity contribution is -0.129. The smallest absolute Gasteiger partial charge is 0.250 e. The largest absolute Gasteiger partial charge is 0.338 e. The molecule has 3 rings (SSSR count). The Morgan fingerprint density at radius 3 is 2.39 bits per heavy atom. The van der Waals surface area contributed by atoms with Crippen molar-refractivity contribution in [3.63, 3.8) is 0 Å². The highest BCUT2D eigenvalue weighted by Gasteiger charge is 2.40. The molecule has 1 saturated heterocycles. The van der Waals surface area contributed by atoms with E-state index in [1.807, 2.05) is 18.2 Å². The first-order valence-corrected chi connectivity index (χ1v) is 9.01. The predicted octanol–water partition coefficient (Wildman–Crippen LogP) is 2.86. The second-order valence-electron chi connectivity index (χ2n) is 6.65. The molecule has 0 radical (unpaired) electrons. The second-order valence-corrected chi connectivity index (χ2v) is 6.65. The van der Waals surface area contributed by atoms with E-state index in [4.69, 9.17) is 0 Å². The number of carbonyl (C=O) groups is 2. The van der Waals surface area contributed by atoms with Crippen LogP contribution in [0.5, 0.6) is 0 Å². The van der Waals surface area contributed by atoms with Crippen molar-refractivity contribution in [2.24, 2.45) is 0 Å². The van der Waals surface area contributed by atoms with Gasteiger partial charge in [0.2, 0.25) is 11.8 Å². The van der Waals surface area contributed by atoms with Gasteiger partial charge < -0.3 is 16.0 Å². The summed E-state index contributed by atoms with van der Waals surface area (Å²) in [6, 6.07) is 12.4. The lowest BCUT2D eigenvalue weighted by Gasteiger charge is -2.36. The van der Waals surface area contributed by atoms with E-state index >= 15 is 0 Å². The number of hydrogen-bond acceptors (Lipinski definition) is 3. The van der Waals surface area contributed by atoms with E-state index in [2.05, 4.69) is 16.0 Å². The van der Waals surface area contributed by atoms with Crippen LogP contribution in [0.2, 0.25) is 0 Å². The van der Waals surface area contributed by atoms with Gasteiger partial charge in [-0.25, -0.2) is 8.78 Å². The lowest BCUT2D eigenvalue weighted by Crippen LogP contribution is -2.61. The highest BCUT2D eigenvalue weighted by molar-refractivity contribution is 6.03. The number of carbonyl (C=O) groups excluding carboxylic acids is 2. The molecule has 2 aromatic carbocycles. The molecule has 146 valence electrons. The van der Waals surface area contributed by atoms with Crippen LogP contribution < -0.4 is 16.0 Å². The van der Waals surface area contributed by atoms with Crippen molar-refractivity contribution in [2.75, 3.05) is 18.4 Å². The summed E-state index contributed by atoms with van der Waals surface area (Å²) in [6.45, 7) is 1.19. The molecule has 0 aromatic heterocycles. The molecule has 0 saturated carbocycles. The third-order valence-corrected chi connectivity index (χ3v) is 4.66. The summed E-state index contributed by atoms with van der Waals surface area (Å²) in [5.41, 5.74) is -0.0459. The first-order chi connectivity index (χ1) is 13.5. The molecule has 0 atom stereocenters. The Labute approximate surface area is 161 Å². The van der Waals surface area contributed by atoms with Gasteiger partial charge in [-0.3, -0.25) is 9.59 Å². The number of nitrogens with one attached hydrogen (secondary N) is 3. The van der Waals surface area contributed by atoms with Crippen LogP contribution in [0.15, 0.2) is 54.6 Å². The fourth-order valence-corrected chi connectivity index (χ4v) is 3.10. The third kappa shape index (κ3) is 4.80. The Morgan fingerprint density at radius 2 is 1.71 bits per heavy atom. The van der Waals surface area contributed by atoms with E-state index < -0.39 is 23.1 Å². The minimum Gasteiger partial charge on any atom is -0.338 e. The SMILES string of the molecule is O=C(C=Cc1ccc(F)c(F)c1)NC1(C(=O)Nc2ccccc2)CCNCC1. The van der Waals surface area contributed by atoms with E-state index in [-0.39, 0.29) is 5.91 Å². The molecule has 5 nitrogen and oxygen atoms in total. The summed E-state index contributed by atoms with van der Waals surface area (Å²) in [4.78, 5) is 25.3. The highest BCUT2D eigenvalue weighted by Crippen LogP contribution is 2.21. The quantitative estimate of drug-likeness (QED) is 0.694. The molecule has 3 N–H and O–H groups in total. The minimum absolute atomic E-state index is 0.283. The Hall–Kier alpha value is -3.06. The lowest BCUT2D eigenvalue weighted by atomic mass is 9.87. The zero-order valence-electron chi connectivity index (χ0n) is 15.2. The molecule has 1 fully saturated rings. The summed E-state index contributed by atoms with van der Waals surface area (Å²) in [6.07, 6.45) is 3.47. The molecule has 1 aliphatic rings. The molecule has 1 heterocycles. The molecule has 2 amide bonds. The number of anilines is 1. The molecule has 0 bridgehead atoms. The topological polar surface area (TPSA) is 70.2 Å². The van der Waals surface area contributed by atoms with Crippen LogP contribution in [0.1, 0.15) is 18.4 Å². The number of benzene rings is 2. The molecule has 2 aromatic rings. The van der Waals surface area contributed by atoms with Crippen LogP contribution in [-0.2, 0) is 9.59 Å². The maximum absolute atomic E-state index is 13.3. The van der Waals surface area contributed by atoms with Crippen LogP contribution >= 0.6 is 0 Å². The van der Waals surface area contributed by atoms with E-state index in [1.165, 1.54) is 18.2 Å². The van der Waals surface area contributed by atoms with Gasteiger partial charge in [-0.1, -0.05) is 24.3 Å². The van der Waals surface area contributed by atoms with Gasteiger partial charge in [0.25, 0.3) is 0 Å². The predicted molar refractivity (Wildman–Crippen MR) is 103 cm³/mol. The number of amides is 2. The Balaban J connectivity index is 1.72. The highest BCUT2D eigenvalue weighted by atomic mass is 19.2. The zero-order valence-corrected chi connectivity index (χ0v) is 15.2. The number of halogens is 2. The van der Waals surface area contributed by atoms with Crippen molar-refractivity contribution in [1.29, 1.82) is 0 Å². The Bertz CT molecular complexity index is 878. The number of hydrogen-bond donors (Lipinski definition) is 3. The van der Waals surface area contributed by atoms with Gasteiger partial charge in [-0.05, 0) is 61.8 Å². The average Bonchev–Trinajstić information content (AvgIpc) is 2.70. The molecule has 0 aliphatic carbocycles. The first kappa shape index (κ1) is 19.7. The van der Waals surface area contributed by atoms with Crippen LogP contribution in [0, 0.1) is 11.6 Å². The summed E-state index contributed by atoms with van der Waals surface area (Å²) in [7, 11) is 0. The Kier molecular flexibility index (Phi) is 6.16. The monoisotopic (exact) mass is 385 g/mol. The van der Waals surface area contributed by atoms with Crippen LogP contribution in [0.25, 0.3) is 6.08 Å². The number of para-hydroxylation sites is 1. The molecular weight excluding hydrogens is 364 g/mol. The summed E-state index contributed by atoms with van der Waals surface area (Å²) < 4.78 is 26.3. The number of piperidine rings is 1. The third-order valence-electron chi connectivity index (χ3n) is 4.66. The molecule has 0 spiro atoms. The van der Waals surface area contributed by atoms with Gasteiger partial charge in [-0.15, -0.1) is 0 Å². The summed E-state index contributed by atoms with van der Waals surface area (Å²) in [5.74, 6) is -2.70. The van der Waals surface area contributed by atoms with Crippen molar-refractivity contribution < 1.29 is 18.4 Å². The minimum atomic E-state index is -1.05. The fraction of sp³-hybridized carbons (Fsp3) is 0.238. The van der Waals surface area contributed by atoms with Gasteiger partial charge in [0.1, 0.15) is 5.54 Å². The Morgan fingerprint density at radius 1 is 1.00 bits per heavy atom. The fourth-order valence-electron chi connectivity index (χ4n) is 3.10. The van der Waals surface area contributed by atoms with Crippen molar-refractivity contribution in [3.05, 3.63) is 71.8 Å².